The Kier molecular flexibility index (Phi) is 6.50. The predicted molar refractivity (Wildman–Crippen MR) is 72.9 cm³/mol. The Labute approximate surface area is 108 Å². The number of aryl methyl sites for hydroxylation is 1. The van der Waals surface area contributed by atoms with Gasteiger partial charge in [-0.1, -0.05) is 13.0 Å². The van der Waals surface area contributed by atoms with Crippen molar-refractivity contribution in [2.75, 3.05) is 20.3 Å². The summed E-state index contributed by atoms with van der Waals surface area (Å²) < 4.78 is 4.93. The van der Waals surface area contributed by atoms with Gasteiger partial charge in [0.15, 0.2) is 5.11 Å². The smallest absolute Gasteiger partial charge is 0.166 e. The van der Waals surface area contributed by atoms with E-state index in [1.165, 1.54) is 5.56 Å². The Morgan fingerprint density at radius 2 is 2.29 bits per heavy atom. The zero-order chi connectivity index (χ0) is 12.5. The Morgan fingerprint density at radius 3 is 3.00 bits per heavy atom. The maximum atomic E-state index is 5.14. The van der Waals surface area contributed by atoms with Crippen LogP contribution in [0.2, 0.25) is 0 Å². The van der Waals surface area contributed by atoms with Crippen molar-refractivity contribution in [1.29, 1.82) is 0 Å². The zero-order valence-corrected chi connectivity index (χ0v) is 11.1. The minimum absolute atomic E-state index is 0.634. The van der Waals surface area contributed by atoms with Gasteiger partial charge in [-0.2, -0.15) is 0 Å². The quantitative estimate of drug-likeness (QED) is 0.590. The van der Waals surface area contributed by atoms with Crippen molar-refractivity contribution in [3.05, 3.63) is 29.6 Å². The molecule has 0 spiro atoms. The van der Waals surface area contributed by atoms with Crippen LogP contribution in [0, 0.1) is 0 Å². The lowest BCUT2D eigenvalue weighted by atomic mass is 10.1. The molecule has 0 aliphatic carbocycles. The maximum absolute atomic E-state index is 5.14. The third kappa shape index (κ3) is 5.10. The van der Waals surface area contributed by atoms with Gasteiger partial charge >= 0.3 is 0 Å². The second-order valence-electron chi connectivity index (χ2n) is 3.57. The molecule has 0 fully saturated rings. The first kappa shape index (κ1) is 13.9. The van der Waals surface area contributed by atoms with E-state index < -0.39 is 0 Å². The molecule has 4 nitrogen and oxygen atoms in total. The fraction of sp³-hybridized carbons (Fsp3) is 0.500. The molecule has 94 valence electrons. The molecule has 1 rings (SSSR count). The first-order chi connectivity index (χ1) is 8.27. The van der Waals surface area contributed by atoms with Gasteiger partial charge in [0.1, 0.15) is 0 Å². The molecule has 1 aromatic heterocycles. The first-order valence-electron chi connectivity index (χ1n) is 5.71. The number of nitrogens with one attached hydrogen (secondary N) is 2. The van der Waals surface area contributed by atoms with Gasteiger partial charge in [0.2, 0.25) is 0 Å². The molecule has 2 N–H and O–H groups in total. The van der Waals surface area contributed by atoms with E-state index in [2.05, 4.69) is 28.6 Å². The second kappa shape index (κ2) is 7.97. The number of ether oxygens (including phenoxy) is 1. The molecule has 0 amide bonds. The largest absolute Gasteiger partial charge is 0.383 e. The highest BCUT2D eigenvalue weighted by Crippen LogP contribution is 2.05. The third-order valence-corrected chi connectivity index (χ3v) is 2.66. The van der Waals surface area contributed by atoms with Crippen molar-refractivity contribution in [1.82, 2.24) is 15.6 Å². The van der Waals surface area contributed by atoms with Crippen molar-refractivity contribution < 1.29 is 4.74 Å². The minimum Gasteiger partial charge on any atom is -0.383 e. The van der Waals surface area contributed by atoms with Gasteiger partial charge in [-0.25, -0.2) is 0 Å². The van der Waals surface area contributed by atoms with Gasteiger partial charge in [0.25, 0.3) is 0 Å². The summed E-state index contributed by atoms with van der Waals surface area (Å²) in [6.45, 7) is 4.13. The van der Waals surface area contributed by atoms with E-state index >= 15 is 0 Å². The van der Waals surface area contributed by atoms with E-state index in [1.807, 2.05) is 6.07 Å². The van der Waals surface area contributed by atoms with Crippen molar-refractivity contribution in [3.63, 3.8) is 0 Å². The molecule has 0 atom stereocenters. The molecule has 1 aromatic rings. The summed E-state index contributed by atoms with van der Waals surface area (Å²) in [5, 5.41) is 6.83. The summed E-state index contributed by atoms with van der Waals surface area (Å²) in [7, 11) is 1.67. The number of rotatable bonds is 6. The SMILES string of the molecule is CCc1cccnc1CNC(=S)NCCOC. The number of hydrogen-bond acceptors (Lipinski definition) is 3. The Hall–Kier alpha value is -1.20. The van der Waals surface area contributed by atoms with Gasteiger partial charge in [-0.15, -0.1) is 0 Å². The molecule has 0 saturated carbocycles. The van der Waals surface area contributed by atoms with Crippen LogP contribution in [0.5, 0.6) is 0 Å². The van der Waals surface area contributed by atoms with E-state index in [0.29, 0.717) is 24.8 Å². The average molecular weight is 253 g/mol. The number of hydrogen-bond donors (Lipinski definition) is 2. The molecular weight excluding hydrogens is 234 g/mol. The molecule has 0 aliphatic heterocycles. The van der Waals surface area contributed by atoms with Crippen molar-refractivity contribution >= 4 is 17.3 Å². The fourth-order valence-corrected chi connectivity index (χ4v) is 1.62. The maximum Gasteiger partial charge on any atom is 0.166 e. The number of nitrogens with zero attached hydrogens (tertiary/aromatic N) is 1. The average Bonchev–Trinajstić information content (AvgIpc) is 2.37. The molecule has 0 radical (unpaired) electrons. The van der Waals surface area contributed by atoms with Crippen LogP contribution in [-0.4, -0.2) is 30.4 Å². The van der Waals surface area contributed by atoms with E-state index in [1.54, 1.807) is 13.3 Å². The lowest BCUT2D eigenvalue weighted by Crippen LogP contribution is -2.36. The van der Waals surface area contributed by atoms with Gasteiger partial charge in [-0.3, -0.25) is 4.98 Å². The zero-order valence-electron chi connectivity index (χ0n) is 10.3. The van der Waals surface area contributed by atoms with Gasteiger partial charge in [0, 0.05) is 19.9 Å². The number of pyridine rings is 1. The Balaban J connectivity index is 2.36. The standard InChI is InChI=1S/C12H19N3OS/c1-3-10-5-4-6-13-11(10)9-15-12(17)14-7-8-16-2/h4-6H,3,7-9H2,1-2H3,(H2,14,15,17). The summed E-state index contributed by atoms with van der Waals surface area (Å²) in [5.74, 6) is 0. The molecule has 0 aromatic carbocycles. The second-order valence-corrected chi connectivity index (χ2v) is 3.97. The lowest BCUT2D eigenvalue weighted by molar-refractivity contribution is 0.204. The summed E-state index contributed by atoms with van der Waals surface area (Å²) in [6.07, 6.45) is 2.78. The van der Waals surface area contributed by atoms with Crippen LogP contribution >= 0.6 is 12.2 Å². The number of thiocarbonyl (C=S) groups is 1. The van der Waals surface area contributed by atoms with Crippen LogP contribution in [0.25, 0.3) is 0 Å². The van der Waals surface area contributed by atoms with Crippen molar-refractivity contribution in [3.8, 4) is 0 Å². The van der Waals surface area contributed by atoms with Gasteiger partial charge < -0.3 is 15.4 Å². The van der Waals surface area contributed by atoms with Crippen LogP contribution < -0.4 is 10.6 Å². The molecule has 0 bridgehead atoms. The first-order valence-corrected chi connectivity index (χ1v) is 6.12. The molecule has 17 heavy (non-hydrogen) atoms. The highest BCUT2D eigenvalue weighted by molar-refractivity contribution is 7.80. The molecule has 0 saturated heterocycles. The monoisotopic (exact) mass is 253 g/mol. The van der Waals surface area contributed by atoms with Crippen molar-refractivity contribution in [2.24, 2.45) is 0 Å². The van der Waals surface area contributed by atoms with E-state index in [4.69, 9.17) is 17.0 Å². The van der Waals surface area contributed by atoms with E-state index in [0.717, 1.165) is 12.1 Å². The summed E-state index contributed by atoms with van der Waals surface area (Å²) in [4.78, 5) is 4.34. The topological polar surface area (TPSA) is 46.2 Å². The van der Waals surface area contributed by atoms with E-state index in [-0.39, 0.29) is 0 Å². The molecule has 0 unspecified atom stereocenters. The Bertz CT molecular complexity index is 357. The molecular formula is C12H19N3OS. The van der Waals surface area contributed by atoms with Gasteiger partial charge in [-0.05, 0) is 30.3 Å². The summed E-state index contributed by atoms with van der Waals surface area (Å²) in [5.41, 5.74) is 2.30. The van der Waals surface area contributed by atoms with Crippen LogP contribution in [0.15, 0.2) is 18.3 Å². The fourth-order valence-electron chi connectivity index (χ4n) is 1.45. The Morgan fingerprint density at radius 1 is 1.47 bits per heavy atom. The number of aromatic nitrogens is 1. The highest BCUT2D eigenvalue weighted by atomic mass is 32.1. The minimum atomic E-state index is 0.634. The summed E-state index contributed by atoms with van der Waals surface area (Å²) >= 11 is 5.14. The van der Waals surface area contributed by atoms with Crippen molar-refractivity contribution in [2.45, 2.75) is 19.9 Å². The van der Waals surface area contributed by atoms with Crippen LogP contribution in [0.3, 0.4) is 0 Å². The molecule has 0 aliphatic rings. The number of methoxy groups -OCH3 is 1. The highest BCUT2D eigenvalue weighted by Gasteiger charge is 2.01. The van der Waals surface area contributed by atoms with Crippen LogP contribution in [-0.2, 0) is 17.7 Å². The summed E-state index contributed by atoms with van der Waals surface area (Å²) in [6, 6.07) is 4.04. The molecule has 5 heteroatoms. The normalized spacial score (nSPS) is 10.0. The third-order valence-electron chi connectivity index (χ3n) is 2.37. The van der Waals surface area contributed by atoms with Crippen LogP contribution in [0.1, 0.15) is 18.2 Å². The predicted octanol–water partition coefficient (Wildman–Crippen LogP) is 1.25. The van der Waals surface area contributed by atoms with E-state index in [9.17, 15) is 0 Å². The van der Waals surface area contributed by atoms with Gasteiger partial charge in [0.05, 0.1) is 18.8 Å². The molecule has 1 heterocycles. The lowest BCUT2D eigenvalue weighted by Gasteiger charge is -2.11. The van der Waals surface area contributed by atoms with Crippen LogP contribution in [0.4, 0.5) is 0 Å².